The molecule has 0 radical (unpaired) electrons. The topological polar surface area (TPSA) is 20.2 Å². The second kappa shape index (κ2) is 3.95. The van der Waals surface area contributed by atoms with Gasteiger partial charge in [0.2, 0.25) is 0 Å². The van der Waals surface area contributed by atoms with E-state index >= 15 is 0 Å². The average molecular weight is 239 g/mol. The molecule has 0 aromatic heterocycles. The molecule has 0 spiro atoms. The predicted octanol–water partition coefficient (Wildman–Crippen LogP) is 2.68. The van der Waals surface area contributed by atoms with E-state index in [0.717, 1.165) is 10.0 Å². The van der Waals surface area contributed by atoms with Gasteiger partial charge in [0, 0.05) is 10.9 Å². The third-order valence-corrected chi connectivity index (χ3v) is 2.59. The smallest absolute Gasteiger partial charge is 0.0988 e. The highest BCUT2D eigenvalue weighted by Crippen LogP contribution is 2.30. The molecule has 0 bridgehead atoms. The monoisotopic (exact) mass is 238 g/mol. The van der Waals surface area contributed by atoms with Gasteiger partial charge in [-0.2, -0.15) is 0 Å². The Bertz CT molecular complexity index is 336. The van der Waals surface area contributed by atoms with E-state index in [1.165, 1.54) is 0 Å². The second-order valence-corrected chi connectivity index (χ2v) is 3.99. The Morgan fingerprint density at radius 1 is 1.54 bits per heavy atom. The SMILES string of the molecule is C#CCC(C)(O)c1ccccc1Br. The summed E-state index contributed by atoms with van der Waals surface area (Å²) in [6.07, 6.45) is 5.49. The van der Waals surface area contributed by atoms with Crippen molar-refractivity contribution in [1.82, 2.24) is 0 Å². The summed E-state index contributed by atoms with van der Waals surface area (Å²) >= 11 is 3.37. The number of rotatable bonds is 2. The van der Waals surface area contributed by atoms with Crippen LogP contribution in [0.3, 0.4) is 0 Å². The van der Waals surface area contributed by atoms with Crippen LogP contribution in [0.4, 0.5) is 0 Å². The van der Waals surface area contributed by atoms with Gasteiger partial charge in [-0.15, -0.1) is 12.3 Å². The quantitative estimate of drug-likeness (QED) is 0.786. The van der Waals surface area contributed by atoms with Crippen LogP contribution in [-0.2, 0) is 5.60 Å². The zero-order valence-electron chi connectivity index (χ0n) is 7.42. The van der Waals surface area contributed by atoms with Crippen LogP contribution >= 0.6 is 15.9 Å². The van der Waals surface area contributed by atoms with E-state index in [0.29, 0.717) is 6.42 Å². The predicted molar refractivity (Wildman–Crippen MR) is 57.2 cm³/mol. The zero-order valence-corrected chi connectivity index (χ0v) is 9.01. The lowest BCUT2D eigenvalue weighted by Gasteiger charge is -2.22. The largest absolute Gasteiger partial charge is 0.384 e. The molecule has 1 nitrogen and oxygen atoms in total. The van der Waals surface area contributed by atoms with Crippen molar-refractivity contribution in [2.45, 2.75) is 18.9 Å². The molecule has 0 aliphatic rings. The summed E-state index contributed by atoms with van der Waals surface area (Å²) in [6, 6.07) is 7.53. The Labute approximate surface area is 86.9 Å². The molecule has 1 unspecified atom stereocenters. The molecule has 0 fully saturated rings. The standard InChI is InChI=1S/C11H11BrO/c1-3-8-11(2,13)9-6-4-5-7-10(9)12/h1,4-7,13H,8H2,2H3. The Morgan fingerprint density at radius 2 is 2.15 bits per heavy atom. The maximum Gasteiger partial charge on any atom is 0.0988 e. The molecule has 1 aromatic rings. The minimum absolute atomic E-state index is 0.315. The molecular weight excluding hydrogens is 228 g/mol. The Balaban J connectivity index is 3.08. The zero-order chi connectivity index (χ0) is 9.90. The highest BCUT2D eigenvalue weighted by Gasteiger charge is 2.23. The fourth-order valence-electron chi connectivity index (χ4n) is 1.19. The van der Waals surface area contributed by atoms with Gasteiger partial charge < -0.3 is 5.11 Å². The fraction of sp³-hybridized carbons (Fsp3) is 0.273. The third kappa shape index (κ3) is 2.33. The fourth-order valence-corrected chi connectivity index (χ4v) is 1.90. The summed E-state index contributed by atoms with van der Waals surface area (Å²) in [6.45, 7) is 1.72. The van der Waals surface area contributed by atoms with Gasteiger partial charge in [0.15, 0.2) is 0 Å². The number of hydrogen-bond donors (Lipinski definition) is 1. The third-order valence-electron chi connectivity index (χ3n) is 1.90. The minimum Gasteiger partial charge on any atom is -0.384 e. The first-order valence-electron chi connectivity index (χ1n) is 3.99. The lowest BCUT2D eigenvalue weighted by Crippen LogP contribution is -2.20. The van der Waals surface area contributed by atoms with Crippen LogP contribution in [0.2, 0.25) is 0 Å². The summed E-state index contributed by atoms with van der Waals surface area (Å²) < 4.78 is 0.884. The average Bonchev–Trinajstić information content (AvgIpc) is 2.04. The van der Waals surface area contributed by atoms with Gasteiger partial charge in [-0.05, 0) is 18.6 Å². The first-order valence-corrected chi connectivity index (χ1v) is 4.78. The van der Waals surface area contributed by atoms with Crippen molar-refractivity contribution in [3.63, 3.8) is 0 Å². The van der Waals surface area contributed by atoms with Crippen molar-refractivity contribution >= 4 is 15.9 Å². The molecule has 1 aromatic carbocycles. The van der Waals surface area contributed by atoms with E-state index in [-0.39, 0.29) is 0 Å². The molecule has 2 heteroatoms. The van der Waals surface area contributed by atoms with Crippen molar-refractivity contribution in [2.75, 3.05) is 0 Å². The van der Waals surface area contributed by atoms with Crippen molar-refractivity contribution in [1.29, 1.82) is 0 Å². The van der Waals surface area contributed by atoms with Crippen molar-refractivity contribution in [2.24, 2.45) is 0 Å². The van der Waals surface area contributed by atoms with Crippen LogP contribution in [0.25, 0.3) is 0 Å². The number of benzene rings is 1. The highest BCUT2D eigenvalue weighted by atomic mass is 79.9. The van der Waals surface area contributed by atoms with Crippen molar-refractivity contribution in [3.8, 4) is 12.3 Å². The molecule has 1 rings (SSSR count). The van der Waals surface area contributed by atoms with Gasteiger partial charge in [-0.1, -0.05) is 34.1 Å². The van der Waals surface area contributed by atoms with Crippen LogP contribution in [0.15, 0.2) is 28.7 Å². The lowest BCUT2D eigenvalue weighted by atomic mass is 9.93. The molecule has 0 saturated heterocycles. The molecule has 0 heterocycles. The summed E-state index contributed by atoms with van der Waals surface area (Å²) in [5.41, 5.74) is -0.123. The van der Waals surface area contributed by atoms with Crippen molar-refractivity contribution < 1.29 is 5.11 Å². The molecule has 0 saturated carbocycles. The number of terminal acetylenes is 1. The van der Waals surface area contributed by atoms with E-state index in [1.807, 2.05) is 24.3 Å². The molecule has 0 aliphatic carbocycles. The van der Waals surface area contributed by atoms with Crippen LogP contribution in [0.1, 0.15) is 18.9 Å². The Kier molecular flexibility index (Phi) is 3.13. The van der Waals surface area contributed by atoms with E-state index in [2.05, 4.69) is 21.9 Å². The summed E-state index contributed by atoms with van der Waals surface area (Å²) in [4.78, 5) is 0. The van der Waals surface area contributed by atoms with Gasteiger partial charge in [0.1, 0.15) is 0 Å². The maximum absolute atomic E-state index is 9.99. The first-order chi connectivity index (χ1) is 6.08. The molecule has 0 aliphatic heterocycles. The maximum atomic E-state index is 9.99. The summed E-state index contributed by atoms with van der Waals surface area (Å²) in [7, 11) is 0. The van der Waals surface area contributed by atoms with Crippen LogP contribution in [0.5, 0.6) is 0 Å². The normalized spacial score (nSPS) is 14.6. The van der Waals surface area contributed by atoms with E-state index in [1.54, 1.807) is 6.92 Å². The lowest BCUT2D eigenvalue weighted by molar-refractivity contribution is 0.0622. The molecule has 1 N–H and O–H groups in total. The van der Waals surface area contributed by atoms with Gasteiger partial charge in [0.05, 0.1) is 5.60 Å². The van der Waals surface area contributed by atoms with Crippen LogP contribution < -0.4 is 0 Å². The number of aliphatic hydroxyl groups is 1. The van der Waals surface area contributed by atoms with Gasteiger partial charge in [-0.3, -0.25) is 0 Å². The van der Waals surface area contributed by atoms with Crippen LogP contribution in [0, 0.1) is 12.3 Å². The molecule has 13 heavy (non-hydrogen) atoms. The Morgan fingerprint density at radius 3 is 2.69 bits per heavy atom. The van der Waals surface area contributed by atoms with Gasteiger partial charge >= 0.3 is 0 Å². The summed E-state index contributed by atoms with van der Waals surface area (Å²) in [5.74, 6) is 2.46. The molecule has 0 amide bonds. The van der Waals surface area contributed by atoms with E-state index in [9.17, 15) is 5.11 Å². The van der Waals surface area contributed by atoms with E-state index < -0.39 is 5.60 Å². The molecule has 68 valence electrons. The van der Waals surface area contributed by atoms with E-state index in [4.69, 9.17) is 6.42 Å². The van der Waals surface area contributed by atoms with Gasteiger partial charge in [0.25, 0.3) is 0 Å². The first kappa shape index (κ1) is 10.3. The number of halogens is 1. The highest BCUT2D eigenvalue weighted by molar-refractivity contribution is 9.10. The van der Waals surface area contributed by atoms with Crippen molar-refractivity contribution in [3.05, 3.63) is 34.3 Å². The number of hydrogen-bond acceptors (Lipinski definition) is 1. The second-order valence-electron chi connectivity index (χ2n) is 3.13. The Hall–Kier alpha value is -0.780. The molecule has 1 atom stereocenters. The molecular formula is C11H11BrO. The summed E-state index contributed by atoms with van der Waals surface area (Å²) in [5, 5.41) is 9.99. The van der Waals surface area contributed by atoms with Gasteiger partial charge in [-0.25, -0.2) is 0 Å². The van der Waals surface area contributed by atoms with Crippen LogP contribution in [-0.4, -0.2) is 5.11 Å². The minimum atomic E-state index is -0.950.